The van der Waals surface area contributed by atoms with Crippen molar-refractivity contribution in [3.05, 3.63) is 70.9 Å². The van der Waals surface area contributed by atoms with Gasteiger partial charge in [0.1, 0.15) is 11.5 Å². The van der Waals surface area contributed by atoms with E-state index in [1.165, 1.54) is 19.3 Å². The molecule has 0 fully saturated rings. The topological polar surface area (TPSA) is 91.3 Å². The Morgan fingerprint density at radius 2 is 1.77 bits per heavy atom. The van der Waals surface area contributed by atoms with Gasteiger partial charge in [0.05, 0.1) is 4.92 Å². The maximum atomic E-state index is 11.0. The zero-order valence-electron chi connectivity index (χ0n) is 12.0. The summed E-state index contributed by atoms with van der Waals surface area (Å²) in [4.78, 5) is 14.6. The fourth-order valence-corrected chi connectivity index (χ4v) is 1.99. The van der Waals surface area contributed by atoms with Crippen LogP contribution >= 0.6 is 0 Å². The minimum absolute atomic E-state index is 0.0268. The molecule has 0 radical (unpaired) electrons. The first-order valence-corrected chi connectivity index (χ1v) is 6.58. The van der Waals surface area contributed by atoms with Gasteiger partial charge in [-0.15, -0.1) is 0 Å². The van der Waals surface area contributed by atoms with Gasteiger partial charge in [0.25, 0.3) is 5.69 Å². The third-order valence-corrected chi connectivity index (χ3v) is 2.88. The summed E-state index contributed by atoms with van der Waals surface area (Å²) in [5.41, 5.74) is 4.80. The summed E-state index contributed by atoms with van der Waals surface area (Å²) in [5.74, 6) is 1.22. The number of rotatable bonds is 3. The van der Waals surface area contributed by atoms with Crippen molar-refractivity contribution in [2.24, 2.45) is 5.73 Å². The number of nitro groups is 1. The van der Waals surface area contributed by atoms with Crippen LogP contribution in [-0.4, -0.2) is 17.0 Å². The van der Waals surface area contributed by atoms with Gasteiger partial charge in [0.2, 0.25) is 0 Å². The Morgan fingerprint density at radius 3 is 2.45 bits per heavy atom. The van der Waals surface area contributed by atoms with Crippen LogP contribution in [0.2, 0.25) is 0 Å². The maximum Gasteiger partial charge on any atom is 0.295 e. The molecule has 0 unspecified atom stereocenters. The molecule has 0 aliphatic carbocycles. The average molecular weight is 297 g/mol. The van der Waals surface area contributed by atoms with Crippen LogP contribution in [0.5, 0.6) is 11.5 Å². The molecule has 2 aromatic carbocycles. The monoisotopic (exact) mass is 297 g/mol. The fraction of sp³-hybridized carbons (Fsp3) is 0.0625. The predicted octanol–water partition coefficient (Wildman–Crippen LogP) is 3.51. The Labute approximate surface area is 127 Å². The highest BCUT2D eigenvalue weighted by molar-refractivity contribution is 5.91. The summed E-state index contributed by atoms with van der Waals surface area (Å²) in [6, 6.07) is 15.8. The van der Waals surface area contributed by atoms with Gasteiger partial charge in [0.15, 0.2) is 5.52 Å². The first-order chi connectivity index (χ1) is 10.8. The quantitative estimate of drug-likeness (QED) is 0.590. The lowest BCUT2D eigenvalue weighted by Gasteiger charge is -2.08. The van der Waals surface area contributed by atoms with Crippen molar-refractivity contribution in [2.45, 2.75) is 0 Å². The van der Waals surface area contributed by atoms with Crippen molar-refractivity contribution in [2.75, 3.05) is 7.05 Å². The summed E-state index contributed by atoms with van der Waals surface area (Å²) >= 11 is 0. The standard InChI is InChI=1S/C15H10N2O3.CH5N/c18-17(19)13-8-4-7-12-14(9-10-16-15(12)13)20-11-5-2-1-3-6-11;1-2/h1-10H;2H2,1H3. The highest BCUT2D eigenvalue weighted by atomic mass is 16.6. The lowest BCUT2D eigenvalue weighted by Crippen LogP contribution is -1.93. The molecule has 6 heteroatoms. The SMILES string of the molecule is CN.O=[N+]([O-])c1cccc2c(Oc3ccccc3)ccnc12. The number of benzene rings is 2. The summed E-state index contributed by atoms with van der Waals surface area (Å²) in [5, 5.41) is 11.6. The van der Waals surface area contributed by atoms with Gasteiger partial charge >= 0.3 is 0 Å². The second kappa shape index (κ2) is 7.14. The van der Waals surface area contributed by atoms with E-state index in [1.54, 1.807) is 18.2 Å². The van der Waals surface area contributed by atoms with Gasteiger partial charge in [-0.05, 0) is 31.3 Å². The van der Waals surface area contributed by atoms with Crippen LogP contribution in [-0.2, 0) is 0 Å². The lowest BCUT2D eigenvalue weighted by molar-refractivity contribution is -0.383. The van der Waals surface area contributed by atoms with E-state index in [9.17, 15) is 10.1 Å². The molecule has 6 nitrogen and oxygen atoms in total. The van der Waals surface area contributed by atoms with Crippen LogP contribution in [0.3, 0.4) is 0 Å². The van der Waals surface area contributed by atoms with Crippen LogP contribution < -0.4 is 10.5 Å². The Balaban J connectivity index is 0.000000847. The van der Waals surface area contributed by atoms with E-state index in [-0.39, 0.29) is 5.69 Å². The third kappa shape index (κ3) is 3.18. The molecule has 0 atom stereocenters. The first kappa shape index (κ1) is 15.4. The molecule has 22 heavy (non-hydrogen) atoms. The number of nitrogens with zero attached hydrogens (tertiary/aromatic N) is 2. The van der Waals surface area contributed by atoms with Crippen molar-refractivity contribution < 1.29 is 9.66 Å². The number of hydrogen-bond donors (Lipinski definition) is 1. The Morgan fingerprint density at radius 1 is 1.05 bits per heavy atom. The molecule has 0 spiro atoms. The highest BCUT2D eigenvalue weighted by Crippen LogP contribution is 2.32. The van der Waals surface area contributed by atoms with E-state index >= 15 is 0 Å². The van der Waals surface area contributed by atoms with Gasteiger partial charge in [0, 0.05) is 17.6 Å². The summed E-state index contributed by atoms with van der Waals surface area (Å²) in [6.07, 6.45) is 1.51. The Hall–Kier alpha value is -2.99. The molecule has 0 aliphatic rings. The lowest BCUT2D eigenvalue weighted by atomic mass is 10.2. The zero-order chi connectivity index (χ0) is 15.9. The number of pyridine rings is 1. The number of aromatic nitrogens is 1. The number of ether oxygens (including phenoxy) is 1. The van der Waals surface area contributed by atoms with Gasteiger partial charge in [-0.3, -0.25) is 10.1 Å². The minimum Gasteiger partial charge on any atom is -0.457 e. The molecule has 2 N–H and O–H groups in total. The van der Waals surface area contributed by atoms with E-state index < -0.39 is 4.92 Å². The summed E-state index contributed by atoms with van der Waals surface area (Å²) in [6.45, 7) is 0. The number of nitrogens with two attached hydrogens (primary N) is 1. The molecule has 0 aliphatic heterocycles. The largest absolute Gasteiger partial charge is 0.457 e. The van der Waals surface area contributed by atoms with Gasteiger partial charge in [-0.2, -0.15) is 0 Å². The Kier molecular flexibility index (Phi) is 5.00. The van der Waals surface area contributed by atoms with Gasteiger partial charge in [-0.1, -0.05) is 24.3 Å². The Bertz CT molecular complexity index is 776. The highest BCUT2D eigenvalue weighted by Gasteiger charge is 2.15. The predicted molar refractivity (Wildman–Crippen MR) is 85.0 cm³/mol. The molecular formula is C16H15N3O3. The second-order valence-electron chi connectivity index (χ2n) is 4.15. The summed E-state index contributed by atoms with van der Waals surface area (Å²) < 4.78 is 5.76. The third-order valence-electron chi connectivity index (χ3n) is 2.88. The van der Waals surface area contributed by atoms with E-state index in [1.807, 2.05) is 30.3 Å². The van der Waals surface area contributed by atoms with Crippen LogP contribution in [0.1, 0.15) is 0 Å². The maximum absolute atomic E-state index is 11.0. The van der Waals surface area contributed by atoms with Crippen molar-refractivity contribution in [3.8, 4) is 11.5 Å². The molecule has 1 heterocycles. The average Bonchev–Trinajstić information content (AvgIpc) is 2.57. The zero-order valence-corrected chi connectivity index (χ0v) is 12.0. The van der Waals surface area contributed by atoms with E-state index in [0.29, 0.717) is 22.4 Å². The van der Waals surface area contributed by atoms with E-state index in [4.69, 9.17) is 4.74 Å². The molecule has 3 aromatic rings. The molecule has 3 rings (SSSR count). The first-order valence-electron chi connectivity index (χ1n) is 6.58. The van der Waals surface area contributed by atoms with Crippen LogP contribution in [0.25, 0.3) is 10.9 Å². The van der Waals surface area contributed by atoms with Crippen molar-refractivity contribution in [3.63, 3.8) is 0 Å². The van der Waals surface area contributed by atoms with Crippen LogP contribution in [0, 0.1) is 10.1 Å². The van der Waals surface area contributed by atoms with E-state index in [0.717, 1.165) is 0 Å². The van der Waals surface area contributed by atoms with Crippen LogP contribution in [0.4, 0.5) is 5.69 Å². The molecule has 0 amide bonds. The second-order valence-corrected chi connectivity index (χ2v) is 4.15. The number of fused-ring (bicyclic) bond motifs is 1. The molecule has 0 bridgehead atoms. The van der Waals surface area contributed by atoms with E-state index in [2.05, 4.69) is 10.7 Å². The normalized spacial score (nSPS) is 9.73. The summed E-state index contributed by atoms with van der Waals surface area (Å²) in [7, 11) is 1.50. The van der Waals surface area contributed by atoms with Gasteiger partial charge < -0.3 is 10.5 Å². The number of para-hydroxylation sites is 2. The fourth-order valence-electron chi connectivity index (χ4n) is 1.99. The smallest absolute Gasteiger partial charge is 0.295 e. The molecule has 112 valence electrons. The molecular weight excluding hydrogens is 282 g/mol. The number of hydrogen-bond acceptors (Lipinski definition) is 5. The van der Waals surface area contributed by atoms with Gasteiger partial charge in [-0.25, -0.2) is 4.98 Å². The molecule has 0 saturated heterocycles. The minimum atomic E-state index is -0.443. The van der Waals surface area contributed by atoms with Crippen molar-refractivity contribution in [1.29, 1.82) is 0 Å². The number of nitro benzene ring substituents is 1. The van der Waals surface area contributed by atoms with Crippen LogP contribution in [0.15, 0.2) is 60.8 Å². The number of non-ortho nitro benzene ring substituents is 1. The molecule has 1 aromatic heterocycles. The van der Waals surface area contributed by atoms with Crippen molar-refractivity contribution >= 4 is 16.6 Å². The molecule has 0 saturated carbocycles. The van der Waals surface area contributed by atoms with Crippen molar-refractivity contribution in [1.82, 2.24) is 4.98 Å².